The first kappa shape index (κ1) is 31.4. The third-order valence-electron chi connectivity index (χ3n) is 6.63. The molecule has 234 valence electrons. The number of hydrogen-bond acceptors (Lipinski definition) is 11. The molecule has 0 aliphatic heterocycles. The second kappa shape index (κ2) is 12.9. The van der Waals surface area contributed by atoms with E-state index in [-0.39, 0.29) is 40.7 Å². The highest BCUT2D eigenvalue weighted by atomic mass is 32.2. The van der Waals surface area contributed by atoms with Crippen molar-refractivity contribution in [3.8, 4) is 5.75 Å². The van der Waals surface area contributed by atoms with Crippen LogP contribution in [0.4, 0.5) is 28.8 Å². The number of benzene rings is 2. The van der Waals surface area contributed by atoms with Gasteiger partial charge >= 0.3 is 0 Å². The molecule has 0 atom stereocenters. The van der Waals surface area contributed by atoms with Crippen LogP contribution in [0.2, 0.25) is 0 Å². The van der Waals surface area contributed by atoms with Crippen molar-refractivity contribution in [3.05, 3.63) is 76.6 Å². The van der Waals surface area contributed by atoms with Crippen LogP contribution in [-0.4, -0.2) is 73.9 Å². The second-order valence-corrected chi connectivity index (χ2v) is 13.0. The van der Waals surface area contributed by atoms with Crippen molar-refractivity contribution >= 4 is 73.0 Å². The van der Waals surface area contributed by atoms with E-state index in [0.717, 1.165) is 9.54 Å². The highest BCUT2D eigenvalue weighted by Gasteiger charge is 2.23. The number of hydrogen-bond donors (Lipinski definition) is 4. The van der Waals surface area contributed by atoms with E-state index in [1.165, 1.54) is 43.8 Å². The summed E-state index contributed by atoms with van der Waals surface area (Å²) in [5.41, 5.74) is 2.43. The molecule has 0 saturated carbocycles. The lowest BCUT2D eigenvalue weighted by atomic mass is 10.2. The highest BCUT2D eigenvalue weighted by molar-refractivity contribution is 7.90. The van der Waals surface area contributed by atoms with E-state index < -0.39 is 10.0 Å². The Labute approximate surface area is 264 Å². The van der Waals surface area contributed by atoms with Crippen molar-refractivity contribution in [1.82, 2.24) is 24.2 Å². The summed E-state index contributed by atoms with van der Waals surface area (Å²) in [6.45, 7) is 2.07. The van der Waals surface area contributed by atoms with Gasteiger partial charge in [0.05, 0.1) is 35.3 Å². The van der Waals surface area contributed by atoms with Crippen molar-refractivity contribution in [1.29, 1.82) is 0 Å². The molecule has 4 N–H and O–H groups in total. The molecule has 0 spiro atoms. The molecule has 13 nitrogen and oxygen atoms in total. The molecule has 0 saturated heterocycles. The Kier molecular flexibility index (Phi) is 9.04. The Balaban J connectivity index is 1.62. The van der Waals surface area contributed by atoms with Crippen LogP contribution in [-0.2, 0) is 14.8 Å². The third kappa shape index (κ3) is 6.74. The zero-order chi connectivity index (χ0) is 32.3. The van der Waals surface area contributed by atoms with Gasteiger partial charge in [0.25, 0.3) is 15.9 Å². The fraction of sp³-hybridized carbons (Fsp3) is 0.200. The van der Waals surface area contributed by atoms with E-state index in [1.54, 1.807) is 66.8 Å². The van der Waals surface area contributed by atoms with E-state index in [1.807, 2.05) is 6.92 Å². The number of fused-ring (bicyclic) bond motifs is 1. The molecular formula is C30H32N8O5S2. The molecule has 5 aromatic rings. The van der Waals surface area contributed by atoms with Crippen molar-refractivity contribution in [3.63, 3.8) is 0 Å². The standard InChI is InChI=1S/C30H32N8O5S2/c1-18-6-9-20(10-7-18)45(41,42)38-14-12-21-27(33-22-13-15-44-26(22)29(40)31-2)35-30(36-28(21)38)34-23-16-19(8-11-24(23)43-5)32-25(39)17-37(3)4/h6-16H,17H2,1-5H3,(H,31,40)(H,32,39)(H2,33,34,35,36). The molecular weight excluding hydrogens is 617 g/mol. The first-order valence-electron chi connectivity index (χ1n) is 13.7. The number of rotatable bonds is 11. The first-order chi connectivity index (χ1) is 21.5. The highest BCUT2D eigenvalue weighted by Crippen LogP contribution is 2.34. The number of nitrogens with zero attached hydrogens (tertiary/aromatic N) is 4. The molecule has 2 aromatic carbocycles. The molecule has 5 rings (SSSR count). The molecule has 0 aliphatic rings. The number of anilines is 5. The van der Waals surface area contributed by atoms with Gasteiger partial charge in [0.2, 0.25) is 11.9 Å². The SMILES string of the molecule is CNC(=O)c1sccc1Nc1nc(Nc2cc(NC(=O)CN(C)C)ccc2OC)nc2c1ccn2S(=O)(=O)c1ccc(C)cc1. The third-order valence-corrected chi connectivity index (χ3v) is 9.22. The number of methoxy groups -OCH3 is 1. The molecule has 0 fully saturated rings. The molecule has 0 radical (unpaired) electrons. The Morgan fingerprint density at radius 1 is 1.00 bits per heavy atom. The van der Waals surface area contributed by atoms with Crippen LogP contribution in [0.1, 0.15) is 15.2 Å². The lowest BCUT2D eigenvalue weighted by Crippen LogP contribution is -2.27. The van der Waals surface area contributed by atoms with Crippen LogP contribution in [0, 0.1) is 6.92 Å². The first-order valence-corrected chi connectivity index (χ1v) is 16.0. The molecule has 2 amide bonds. The number of carbonyl (C=O) groups is 2. The van der Waals surface area contributed by atoms with Gasteiger partial charge in [0, 0.05) is 18.9 Å². The average molecular weight is 649 g/mol. The number of aromatic nitrogens is 3. The summed E-state index contributed by atoms with van der Waals surface area (Å²) in [4.78, 5) is 36.4. The van der Waals surface area contributed by atoms with Crippen LogP contribution in [0.25, 0.3) is 11.0 Å². The van der Waals surface area contributed by atoms with Gasteiger partial charge in [0.1, 0.15) is 16.4 Å². The monoisotopic (exact) mass is 648 g/mol. The minimum Gasteiger partial charge on any atom is -0.495 e. The number of nitrogens with one attached hydrogen (secondary N) is 4. The fourth-order valence-corrected chi connectivity index (χ4v) is 6.57. The quantitative estimate of drug-likeness (QED) is 0.162. The Morgan fingerprint density at radius 2 is 1.76 bits per heavy atom. The number of thiophene rings is 1. The summed E-state index contributed by atoms with van der Waals surface area (Å²) in [6.07, 6.45) is 1.41. The normalized spacial score (nSPS) is 11.4. The minimum atomic E-state index is -4.04. The van der Waals surface area contributed by atoms with E-state index in [2.05, 4.69) is 31.2 Å². The van der Waals surface area contributed by atoms with Gasteiger partial charge in [-0.1, -0.05) is 17.7 Å². The number of likely N-dealkylation sites (N-methyl/N-ethyl adjacent to an activating group) is 1. The Bertz CT molecular complexity index is 1990. The maximum Gasteiger partial charge on any atom is 0.269 e. The fourth-order valence-electron chi connectivity index (χ4n) is 4.48. The number of carbonyl (C=O) groups excluding carboxylic acids is 2. The van der Waals surface area contributed by atoms with Crippen LogP contribution in [0.15, 0.2) is 71.1 Å². The van der Waals surface area contributed by atoms with Gasteiger partial charge in [0.15, 0.2) is 5.65 Å². The summed E-state index contributed by atoms with van der Waals surface area (Å²) in [5, 5.41) is 13.9. The Hall–Kier alpha value is -4.99. The van der Waals surface area contributed by atoms with Crippen molar-refractivity contribution in [2.45, 2.75) is 11.8 Å². The predicted octanol–water partition coefficient (Wildman–Crippen LogP) is 4.39. The smallest absolute Gasteiger partial charge is 0.269 e. The lowest BCUT2D eigenvalue weighted by molar-refractivity contribution is -0.116. The summed E-state index contributed by atoms with van der Waals surface area (Å²) in [6, 6.07) is 14.9. The van der Waals surface area contributed by atoms with Crippen LogP contribution >= 0.6 is 11.3 Å². The molecule has 3 aromatic heterocycles. The number of amides is 2. The van der Waals surface area contributed by atoms with Gasteiger partial charge in [-0.3, -0.25) is 9.59 Å². The van der Waals surface area contributed by atoms with E-state index in [0.29, 0.717) is 33.1 Å². The molecule has 0 unspecified atom stereocenters. The minimum absolute atomic E-state index is 0.0378. The maximum atomic E-state index is 13.8. The van der Waals surface area contributed by atoms with Crippen LogP contribution in [0.5, 0.6) is 5.75 Å². The topological polar surface area (TPSA) is 160 Å². The van der Waals surface area contributed by atoms with Crippen LogP contribution in [0.3, 0.4) is 0 Å². The molecule has 3 heterocycles. The molecule has 45 heavy (non-hydrogen) atoms. The van der Waals surface area contributed by atoms with Crippen LogP contribution < -0.4 is 26.0 Å². The predicted molar refractivity (Wildman–Crippen MR) is 176 cm³/mol. The zero-order valence-electron chi connectivity index (χ0n) is 25.2. The van der Waals surface area contributed by atoms with Gasteiger partial charge in [-0.2, -0.15) is 9.97 Å². The van der Waals surface area contributed by atoms with Crippen molar-refractivity contribution < 1.29 is 22.7 Å². The van der Waals surface area contributed by atoms with E-state index in [4.69, 9.17) is 4.74 Å². The maximum absolute atomic E-state index is 13.8. The second-order valence-electron chi connectivity index (χ2n) is 10.3. The number of aryl methyl sites for hydroxylation is 1. The number of ether oxygens (including phenoxy) is 1. The van der Waals surface area contributed by atoms with Gasteiger partial charge in [-0.15, -0.1) is 11.3 Å². The molecule has 0 bridgehead atoms. The summed E-state index contributed by atoms with van der Waals surface area (Å²) in [7, 11) is 2.58. The van der Waals surface area contributed by atoms with E-state index >= 15 is 0 Å². The van der Waals surface area contributed by atoms with Gasteiger partial charge in [-0.05, 0) is 68.9 Å². The summed E-state index contributed by atoms with van der Waals surface area (Å²) >= 11 is 1.25. The van der Waals surface area contributed by atoms with E-state index in [9.17, 15) is 18.0 Å². The van der Waals surface area contributed by atoms with Crippen molar-refractivity contribution in [2.75, 3.05) is 50.7 Å². The van der Waals surface area contributed by atoms with Gasteiger partial charge < -0.3 is 30.9 Å². The summed E-state index contributed by atoms with van der Waals surface area (Å²) in [5.74, 6) is 0.242. The largest absolute Gasteiger partial charge is 0.495 e. The average Bonchev–Trinajstić information content (AvgIpc) is 3.64. The lowest BCUT2D eigenvalue weighted by Gasteiger charge is -2.15. The zero-order valence-corrected chi connectivity index (χ0v) is 26.8. The summed E-state index contributed by atoms with van der Waals surface area (Å²) < 4.78 is 34.2. The van der Waals surface area contributed by atoms with Gasteiger partial charge in [-0.25, -0.2) is 12.4 Å². The van der Waals surface area contributed by atoms with Crippen molar-refractivity contribution in [2.24, 2.45) is 0 Å². The molecule has 15 heteroatoms. The Morgan fingerprint density at radius 3 is 2.44 bits per heavy atom. The molecule has 0 aliphatic carbocycles.